The molecule has 1 aromatic carbocycles. The third-order valence-corrected chi connectivity index (χ3v) is 3.85. The van der Waals surface area contributed by atoms with Crippen molar-refractivity contribution in [2.75, 3.05) is 5.32 Å². The van der Waals surface area contributed by atoms with Crippen molar-refractivity contribution >= 4 is 17.3 Å². The SMILES string of the molecule is Cc1cccc(Cl)c1NC1CCC(C)(C)C1. The molecule has 1 unspecified atom stereocenters. The van der Waals surface area contributed by atoms with E-state index in [4.69, 9.17) is 11.6 Å². The van der Waals surface area contributed by atoms with Gasteiger partial charge in [0.15, 0.2) is 0 Å². The highest BCUT2D eigenvalue weighted by molar-refractivity contribution is 6.33. The first-order valence-electron chi connectivity index (χ1n) is 6.00. The Balaban J connectivity index is 2.11. The second kappa shape index (κ2) is 4.29. The molecule has 0 radical (unpaired) electrons. The molecule has 2 rings (SSSR count). The molecule has 1 fully saturated rings. The molecule has 0 spiro atoms. The Morgan fingerprint density at radius 2 is 2.12 bits per heavy atom. The maximum absolute atomic E-state index is 6.22. The second-order valence-corrected chi connectivity index (χ2v) is 6.09. The summed E-state index contributed by atoms with van der Waals surface area (Å²) in [6, 6.07) is 6.64. The van der Waals surface area contributed by atoms with E-state index < -0.39 is 0 Å². The first kappa shape index (κ1) is 11.8. The fourth-order valence-electron chi connectivity index (χ4n) is 2.58. The predicted molar refractivity (Wildman–Crippen MR) is 71.2 cm³/mol. The zero-order valence-electron chi connectivity index (χ0n) is 10.3. The van der Waals surface area contributed by atoms with Gasteiger partial charge < -0.3 is 5.32 Å². The van der Waals surface area contributed by atoms with E-state index in [0.29, 0.717) is 11.5 Å². The van der Waals surface area contributed by atoms with Gasteiger partial charge in [0.25, 0.3) is 0 Å². The fourth-order valence-corrected chi connectivity index (χ4v) is 2.85. The minimum Gasteiger partial charge on any atom is -0.381 e. The van der Waals surface area contributed by atoms with E-state index >= 15 is 0 Å². The van der Waals surface area contributed by atoms with Crippen LogP contribution in [0.25, 0.3) is 0 Å². The molecular formula is C14H20ClN. The van der Waals surface area contributed by atoms with Crippen molar-refractivity contribution in [3.05, 3.63) is 28.8 Å². The molecule has 0 aliphatic heterocycles. The van der Waals surface area contributed by atoms with Crippen molar-refractivity contribution in [1.82, 2.24) is 0 Å². The standard InChI is InChI=1S/C14H20ClN/c1-10-5-4-6-12(15)13(10)16-11-7-8-14(2,3)9-11/h4-6,11,16H,7-9H2,1-3H3. The van der Waals surface area contributed by atoms with E-state index in [1.165, 1.54) is 24.8 Å². The summed E-state index contributed by atoms with van der Waals surface area (Å²) in [6.45, 7) is 6.79. The van der Waals surface area contributed by atoms with Crippen LogP contribution in [-0.4, -0.2) is 6.04 Å². The number of hydrogen-bond donors (Lipinski definition) is 1. The molecule has 1 saturated carbocycles. The van der Waals surface area contributed by atoms with Crippen molar-refractivity contribution < 1.29 is 0 Å². The summed E-state index contributed by atoms with van der Waals surface area (Å²) in [5, 5.41) is 4.44. The van der Waals surface area contributed by atoms with Gasteiger partial charge in [-0.15, -0.1) is 0 Å². The molecule has 1 N–H and O–H groups in total. The number of benzene rings is 1. The molecule has 88 valence electrons. The van der Waals surface area contributed by atoms with Crippen molar-refractivity contribution in [3.8, 4) is 0 Å². The van der Waals surface area contributed by atoms with E-state index in [0.717, 1.165) is 10.7 Å². The van der Waals surface area contributed by atoms with E-state index in [2.05, 4.69) is 32.2 Å². The Bertz CT molecular complexity index is 364. The van der Waals surface area contributed by atoms with Gasteiger partial charge in [-0.2, -0.15) is 0 Å². The van der Waals surface area contributed by atoms with Gasteiger partial charge in [-0.1, -0.05) is 37.6 Å². The molecule has 0 aromatic heterocycles. The minimum atomic E-state index is 0.479. The second-order valence-electron chi connectivity index (χ2n) is 5.68. The van der Waals surface area contributed by atoms with Crippen molar-refractivity contribution in [2.24, 2.45) is 5.41 Å². The molecule has 0 heterocycles. The van der Waals surface area contributed by atoms with Crippen molar-refractivity contribution in [3.63, 3.8) is 0 Å². The molecule has 2 heteroatoms. The smallest absolute Gasteiger partial charge is 0.0640 e. The molecule has 1 nitrogen and oxygen atoms in total. The van der Waals surface area contributed by atoms with Gasteiger partial charge in [-0.3, -0.25) is 0 Å². The maximum Gasteiger partial charge on any atom is 0.0640 e. The first-order valence-corrected chi connectivity index (χ1v) is 6.37. The van der Waals surface area contributed by atoms with Crippen LogP contribution in [0, 0.1) is 12.3 Å². The number of halogens is 1. The van der Waals surface area contributed by atoms with Crippen LogP contribution in [0.2, 0.25) is 5.02 Å². The van der Waals surface area contributed by atoms with Crippen molar-refractivity contribution in [2.45, 2.75) is 46.1 Å². The van der Waals surface area contributed by atoms with Crippen LogP contribution in [0.1, 0.15) is 38.7 Å². The molecule has 16 heavy (non-hydrogen) atoms. The van der Waals surface area contributed by atoms with Gasteiger partial charge in [-0.25, -0.2) is 0 Å². The van der Waals surface area contributed by atoms with Crippen LogP contribution in [0.4, 0.5) is 5.69 Å². The number of nitrogens with one attached hydrogen (secondary N) is 1. The van der Waals surface area contributed by atoms with Crippen LogP contribution < -0.4 is 5.32 Å². The third-order valence-electron chi connectivity index (χ3n) is 3.54. The van der Waals surface area contributed by atoms with E-state index in [9.17, 15) is 0 Å². The van der Waals surface area contributed by atoms with Gasteiger partial charge in [0.2, 0.25) is 0 Å². The molecule has 0 amide bonds. The Kier molecular flexibility index (Phi) is 3.16. The Hall–Kier alpha value is -0.690. The van der Waals surface area contributed by atoms with E-state index in [1.54, 1.807) is 0 Å². The average molecular weight is 238 g/mol. The fraction of sp³-hybridized carbons (Fsp3) is 0.571. The Labute approximate surface area is 103 Å². The summed E-state index contributed by atoms with van der Waals surface area (Å²) in [5.41, 5.74) is 2.83. The lowest BCUT2D eigenvalue weighted by atomic mass is 9.92. The van der Waals surface area contributed by atoms with Crippen LogP contribution in [-0.2, 0) is 0 Å². The van der Waals surface area contributed by atoms with Gasteiger partial charge >= 0.3 is 0 Å². The topological polar surface area (TPSA) is 12.0 Å². The summed E-state index contributed by atoms with van der Waals surface area (Å²) in [5.74, 6) is 0. The number of anilines is 1. The van der Waals surface area contributed by atoms with Crippen molar-refractivity contribution in [1.29, 1.82) is 0 Å². The predicted octanol–water partition coefficient (Wildman–Crippen LogP) is 4.64. The lowest BCUT2D eigenvalue weighted by molar-refractivity contribution is 0.378. The zero-order chi connectivity index (χ0) is 11.8. The monoisotopic (exact) mass is 237 g/mol. The highest BCUT2D eigenvalue weighted by atomic mass is 35.5. The average Bonchev–Trinajstić information content (AvgIpc) is 2.52. The summed E-state index contributed by atoms with van der Waals surface area (Å²) < 4.78 is 0. The molecular weight excluding hydrogens is 218 g/mol. The van der Waals surface area contributed by atoms with Gasteiger partial charge in [0.1, 0.15) is 0 Å². The van der Waals surface area contributed by atoms with Gasteiger partial charge in [0, 0.05) is 6.04 Å². The first-order chi connectivity index (χ1) is 7.48. The summed E-state index contributed by atoms with van der Waals surface area (Å²) in [7, 11) is 0. The zero-order valence-corrected chi connectivity index (χ0v) is 11.1. The Morgan fingerprint density at radius 1 is 1.38 bits per heavy atom. The summed E-state index contributed by atoms with van der Waals surface area (Å²) in [4.78, 5) is 0. The molecule has 1 atom stereocenters. The lowest BCUT2D eigenvalue weighted by Gasteiger charge is -2.20. The summed E-state index contributed by atoms with van der Waals surface area (Å²) >= 11 is 6.22. The van der Waals surface area contributed by atoms with E-state index in [-0.39, 0.29) is 0 Å². The van der Waals surface area contributed by atoms with Crippen LogP contribution in [0.5, 0.6) is 0 Å². The van der Waals surface area contributed by atoms with Gasteiger partial charge in [0.05, 0.1) is 10.7 Å². The quantitative estimate of drug-likeness (QED) is 0.790. The largest absolute Gasteiger partial charge is 0.381 e. The Morgan fingerprint density at radius 3 is 2.69 bits per heavy atom. The highest BCUT2D eigenvalue weighted by Gasteiger charge is 2.31. The molecule has 1 aliphatic carbocycles. The normalized spacial score (nSPS) is 23.4. The number of aryl methyl sites for hydroxylation is 1. The summed E-state index contributed by atoms with van der Waals surface area (Å²) in [6.07, 6.45) is 3.78. The van der Waals surface area contributed by atoms with Crippen LogP contribution >= 0.6 is 11.6 Å². The number of rotatable bonds is 2. The minimum absolute atomic E-state index is 0.479. The maximum atomic E-state index is 6.22. The lowest BCUT2D eigenvalue weighted by Crippen LogP contribution is -2.18. The molecule has 0 bridgehead atoms. The molecule has 0 saturated heterocycles. The highest BCUT2D eigenvalue weighted by Crippen LogP contribution is 2.39. The molecule has 1 aliphatic rings. The van der Waals surface area contributed by atoms with Crippen LogP contribution in [0.15, 0.2) is 18.2 Å². The number of para-hydroxylation sites is 1. The van der Waals surface area contributed by atoms with Crippen LogP contribution in [0.3, 0.4) is 0 Å². The third kappa shape index (κ3) is 2.52. The molecule has 1 aromatic rings. The van der Waals surface area contributed by atoms with E-state index in [1.807, 2.05) is 12.1 Å². The van der Waals surface area contributed by atoms with Gasteiger partial charge in [-0.05, 0) is 43.2 Å². The number of hydrogen-bond acceptors (Lipinski definition) is 1.